The SMILES string of the molecule is COCCC(C(=O)Nc1ccc2nn(C)cc2c1)n1cc(OC)c(-c2cc(Cl)ccc2-n2cnnc2)cc1=O. The molecule has 3 heterocycles. The number of nitrogens with one attached hydrogen (secondary N) is 1. The third kappa shape index (κ3) is 5.40. The van der Waals surface area contributed by atoms with Crippen LogP contribution in [0.5, 0.6) is 5.75 Å². The zero-order valence-corrected chi connectivity index (χ0v) is 22.3. The normalized spacial score (nSPS) is 12.0. The first-order valence-corrected chi connectivity index (χ1v) is 12.4. The third-order valence-corrected chi connectivity index (χ3v) is 6.57. The monoisotopic (exact) mass is 547 g/mol. The number of aryl methyl sites for hydroxylation is 1. The van der Waals surface area contributed by atoms with Gasteiger partial charge in [0, 0.05) is 66.7 Å². The van der Waals surface area contributed by atoms with Crippen molar-refractivity contribution in [1.82, 2.24) is 29.1 Å². The van der Waals surface area contributed by atoms with Crippen molar-refractivity contribution in [3.63, 3.8) is 0 Å². The first kappa shape index (κ1) is 26.1. The Kier molecular flexibility index (Phi) is 7.44. The highest BCUT2D eigenvalue weighted by atomic mass is 35.5. The van der Waals surface area contributed by atoms with Crippen LogP contribution in [0.15, 0.2) is 72.3 Å². The number of hydrogen-bond acceptors (Lipinski definition) is 7. The summed E-state index contributed by atoms with van der Waals surface area (Å²) in [6, 6.07) is 11.3. The summed E-state index contributed by atoms with van der Waals surface area (Å²) in [5.74, 6) is 0.0262. The first-order valence-electron chi connectivity index (χ1n) is 12.1. The Balaban J connectivity index is 1.54. The van der Waals surface area contributed by atoms with Gasteiger partial charge < -0.3 is 14.8 Å². The van der Waals surface area contributed by atoms with Gasteiger partial charge in [0.2, 0.25) is 5.91 Å². The van der Waals surface area contributed by atoms with E-state index in [1.807, 2.05) is 25.4 Å². The van der Waals surface area contributed by atoms with Gasteiger partial charge in [-0.05, 0) is 36.4 Å². The molecule has 5 aromatic rings. The minimum Gasteiger partial charge on any atom is -0.495 e. The van der Waals surface area contributed by atoms with Crippen molar-refractivity contribution in [3.8, 4) is 22.6 Å². The Labute approximate surface area is 228 Å². The molecule has 39 heavy (non-hydrogen) atoms. The van der Waals surface area contributed by atoms with Crippen LogP contribution in [-0.4, -0.2) is 55.8 Å². The number of fused-ring (bicyclic) bond motifs is 1. The average Bonchev–Trinajstić information content (AvgIpc) is 3.58. The number of benzene rings is 2. The van der Waals surface area contributed by atoms with Crippen molar-refractivity contribution in [3.05, 3.63) is 82.9 Å². The summed E-state index contributed by atoms with van der Waals surface area (Å²) in [6.45, 7) is 0.266. The van der Waals surface area contributed by atoms with Gasteiger partial charge in [-0.3, -0.25) is 23.4 Å². The van der Waals surface area contributed by atoms with E-state index in [0.717, 1.165) is 10.9 Å². The van der Waals surface area contributed by atoms with Gasteiger partial charge in [-0.1, -0.05) is 11.6 Å². The van der Waals surface area contributed by atoms with E-state index < -0.39 is 6.04 Å². The van der Waals surface area contributed by atoms with E-state index >= 15 is 0 Å². The summed E-state index contributed by atoms with van der Waals surface area (Å²) in [5, 5.41) is 16.4. The average molecular weight is 548 g/mol. The summed E-state index contributed by atoms with van der Waals surface area (Å²) in [6.07, 6.45) is 6.77. The minimum absolute atomic E-state index is 0.266. The molecular formula is C27H26ClN7O4. The molecule has 0 saturated heterocycles. The van der Waals surface area contributed by atoms with E-state index in [-0.39, 0.29) is 24.5 Å². The minimum atomic E-state index is -0.860. The number of pyridine rings is 1. The van der Waals surface area contributed by atoms with Crippen LogP contribution in [0.3, 0.4) is 0 Å². The maximum absolute atomic E-state index is 13.5. The van der Waals surface area contributed by atoms with Gasteiger partial charge in [0.25, 0.3) is 5.56 Å². The van der Waals surface area contributed by atoms with Gasteiger partial charge in [0.1, 0.15) is 24.4 Å². The standard InChI is InChI=1S/C27H26ClN7O4/c1-33-13-17-10-19(5-6-22(17)32-33)31-27(37)24(8-9-38-2)35-14-25(39-3)21(12-26(35)36)20-11-18(28)4-7-23(20)34-15-29-30-16-34/h4-7,10-16,24H,8-9H2,1-3H3,(H,31,37). The van der Waals surface area contributed by atoms with E-state index in [0.29, 0.717) is 33.3 Å². The molecule has 0 bridgehead atoms. The second kappa shape index (κ2) is 11.1. The Morgan fingerprint density at radius 2 is 1.85 bits per heavy atom. The smallest absolute Gasteiger partial charge is 0.252 e. The zero-order chi connectivity index (χ0) is 27.5. The van der Waals surface area contributed by atoms with Gasteiger partial charge in [-0.2, -0.15) is 5.10 Å². The molecule has 0 aliphatic carbocycles. The van der Waals surface area contributed by atoms with Crippen LogP contribution in [0.1, 0.15) is 12.5 Å². The highest BCUT2D eigenvalue weighted by Crippen LogP contribution is 2.35. The quantitative estimate of drug-likeness (QED) is 0.298. The van der Waals surface area contributed by atoms with Crippen molar-refractivity contribution in [2.75, 3.05) is 26.1 Å². The van der Waals surface area contributed by atoms with Crippen LogP contribution in [0.2, 0.25) is 5.02 Å². The Bertz CT molecular complexity index is 1690. The lowest BCUT2D eigenvalue weighted by Gasteiger charge is -2.21. The Morgan fingerprint density at radius 3 is 2.59 bits per heavy atom. The second-order valence-corrected chi connectivity index (χ2v) is 9.33. The number of rotatable bonds is 9. The van der Waals surface area contributed by atoms with Gasteiger partial charge in [-0.25, -0.2) is 0 Å². The molecule has 0 aliphatic rings. The lowest BCUT2D eigenvalue weighted by Crippen LogP contribution is -2.34. The fraction of sp³-hybridized carbons (Fsp3) is 0.222. The molecular weight excluding hydrogens is 522 g/mol. The molecule has 11 nitrogen and oxygen atoms in total. The van der Waals surface area contributed by atoms with E-state index in [1.165, 1.54) is 17.7 Å². The van der Waals surface area contributed by atoms with Crippen LogP contribution >= 0.6 is 11.6 Å². The van der Waals surface area contributed by atoms with Crippen molar-refractivity contribution in [2.24, 2.45) is 7.05 Å². The first-order chi connectivity index (χ1) is 18.9. The molecule has 1 atom stereocenters. The summed E-state index contributed by atoms with van der Waals surface area (Å²) < 4.78 is 15.7. The van der Waals surface area contributed by atoms with Crippen molar-refractivity contribution >= 4 is 34.1 Å². The zero-order valence-electron chi connectivity index (χ0n) is 21.5. The van der Waals surface area contributed by atoms with Crippen molar-refractivity contribution in [2.45, 2.75) is 12.5 Å². The van der Waals surface area contributed by atoms with Gasteiger partial charge in [-0.15, -0.1) is 10.2 Å². The third-order valence-electron chi connectivity index (χ3n) is 6.33. The molecule has 0 radical (unpaired) electrons. The summed E-state index contributed by atoms with van der Waals surface area (Å²) in [5.41, 5.74) is 2.88. The number of carbonyl (C=O) groups is 1. The van der Waals surface area contributed by atoms with Crippen LogP contribution in [-0.2, 0) is 16.6 Å². The molecule has 0 saturated carbocycles. The van der Waals surface area contributed by atoms with E-state index in [2.05, 4.69) is 20.6 Å². The van der Waals surface area contributed by atoms with Crippen LogP contribution in [0, 0.1) is 0 Å². The number of amides is 1. The molecule has 3 aromatic heterocycles. The van der Waals surface area contributed by atoms with Crippen LogP contribution < -0.4 is 15.6 Å². The van der Waals surface area contributed by atoms with Gasteiger partial charge in [0.15, 0.2) is 0 Å². The highest BCUT2D eigenvalue weighted by Gasteiger charge is 2.24. The molecule has 1 N–H and O–H groups in total. The molecule has 12 heteroatoms. The predicted molar refractivity (Wildman–Crippen MR) is 147 cm³/mol. The second-order valence-electron chi connectivity index (χ2n) is 8.89. The summed E-state index contributed by atoms with van der Waals surface area (Å²) in [4.78, 5) is 27.0. The van der Waals surface area contributed by atoms with E-state index in [1.54, 1.807) is 59.5 Å². The van der Waals surface area contributed by atoms with Gasteiger partial charge in [0.05, 0.1) is 24.5 Å². The molecule has 1 unspecified atom stereocenters. The molecule has 0 fully saturated rings. The largest absolute Gasteiger partial charge is 0.495 e. The summed E-state index contributed by atoms with van der Waals surface area (Å²) in [7, 11) is 4.88. The number of aromatic nitrogens is 6. The molecule has 2 aromatic carbocycles. The molecule has 5 rings (SSSR count). The molecule has 0 spiro atoms. The number of hydrogen-bond donors (Lipinski definition) is 1. The number of methoxy groups -OCH3 is 2. The number of carbonyl (C=O) groups excluding carboxylic acids is 1. The maximum Gasteiger partial charge on any atom is 0.252 e. The van der Waals surface area contributed by atoms with Crippen LogP contribution in [0.4, 0.5) is 5.69 Å². The van der Waals surface area contributed by atoms with Crippen molar-refractivity contribution < 1.29 is 14.3 Å². The number of halogens is 1. The maximum atomic E-state index is 13.5. The van der Waals surface area contributed by atoms with Crippen LogP contribution in [0.25, 0.3) is 27.7 Å². The predicted octanol–water partition coefficient (Wildman–Crippen LogP) is 3.86. The topological polar surface area (TPSA) is 118 Å². The molecule has 200 valence electrons. The lowest BCUT2D eigenvalue weighted by atomic mass is 10.0. The summed E-state index contributed by atoms with van der Waals surface area (Å²) >= 11 is 6.32. The van der Waals surface area contributed by atoms with Gasteiger partial charge >= 0.3 is 0 Å². The Morgan fingerprint density at radius 1 is 1.05 bits per heavy atom. The molecule has 0 aliphatic heterocycles. The fourth-order valence-corrected chi connectivity index (χ4v) is 4.67. The van der Waals surface area contributed by atoms with E-state index in [4.69, 9.17) is 21.1 Å². The number of anilines is 1. The highest BCUT2D eigenvalue weighted by molar-refractivity contribution is 6.31. The number of nitrogens with zero attached hydrogens (tertiary/aromatic N) is 6. The number of ether oxygens (including phenoxy) is 2. The van der Waals surface area contributed by atoms with Crippen molar-refractivity contribution in [1.29, 1.82) is 0 Å². The Hall–Kier alpha value is -4.48. The molecule has 1 amide bonds. The fourth-order valence-electron chi connectivity index (χ4n) is 4.50. The lowest BCUT2D eigenvalue weighted by molar-refractivity contribution is -0.119. The van der Waals surface area contributed by atoms with E-state index in [9.17, 15) is 9.59 Å².